The van der Waals surface area contributed by atoms with Crippen LogP contribution in [0.5, 0.6) is 23.1 Å². The molecule has 1 amide bonds. The SMILES string of the molecule is COc1ccc(OC)c(N(C)C(=O)Oc2cc(-c3cccc(C)c3C)nc(Nc3ccc(OCC4CCCN(C)C4)c(F)c3)n2)c1. The Morgan fingerprint density at radius 2 is 1.85 bits per heavy atom. The maximum atomic E-state index is 15.1. The second kappa shape index (κ2) is 14.5. The fraction of sp³-hybridized carbons (Fsp3) is 0.343. The predicted molar refractivity (Wildman–Crippen MR) is 176 cm³/mol. The lowest BCUT2D eigenvalue weighted by atomic mass is 10.00. The fourth-order valence-corrected chi connectivity index (χ4v) is 5.46. The van der Waals surface area contributed by atoms with Crippen LogP contribution < -0.4 is 29.2 Å². The van der Waals surface area contributed by atoms with E-state index in [0.29, 0.717) is 41.1 Å². The summed E-state index contributed by atoms with van der Waals surface area (Å²) >= 11 is 0. The zero-order valence-corrected chi connectivity index (χ0v) is 27.1. The van der Waals surface area contributed by atoms with Gasteiger partial charge in [0.1, 0.15) is 11.5 Å². The molecule has 0 spiro atoms. The Morgan fingerprint density at radius 3 is 2.59 bits per heavy atom. The van der Waals surface area contributed by atoms with E-state index >= 15 is 4.39 Å². The molecule has 0 bridgehead atoms. The van der Waals surface area contributed by atoms with Gasteiger partial charge in [-0.15, -0.1) is 0 Å². The van der Waals surface area contributed by atoms with Gasteiger partial charge in [0.25, 0.3) is 0 Å². The molecule has 1 fully saturated rings. The standard InChI is InChI=1S/C35H40FN5O5/c1-22-9-7-11-27(23(22)2)29-19-33(46-35(42)41(4)30-18-26(43-5)13-15-32(30)44-6)39-34(38-29)37-25-12-14-31(28(36)17-25)45-21-24-10-8-16-40(3)20-24/h7,9,11-15,17-19,24H,8,10,16,20-21H2,1-6H3,(H,37,38,39). The molecule has 1 aliphatic rings. The molecule has 1 aliphatic heterocycles. The molecular weight excluding hydrogens is 589 g/mol. The molecular formula is C35H40FN5O5. The molecule has 1 aromatic heterocycles. The van der Waals surface area contributed by atoms with Gasteiger partial charge in [-0.2, -0.15) is 4.98 Å². The number of aromatic nitrogens is 2. The van der Waals surface area contributed by atoms with Crippen molar-refractivity contribution in [3.05, 3.63) is 77.6 Å². The minimum Gasteiger partial charge on any atom is -0.497 e. The van der Waals surface area contributed by atoms with Crippen LogP contribution in [0.25, 0.3) is 11.3 Å². The largest absolute Gasteiger partial charge is 0.497 e. The van der Waals surface area contributed by atoms with E-state index in [1.807, 2.05) is 32.0 Å². The zero-order valence-electron chi connectivity index (χ0n) is 27.1. The molecule has 1 N–H and O–H groups in total. The first-order valence-corrected chi connectivity index (χ1v) is 15.2. The highest BCUT2D eigenvalue weighted by molar-refractivity contribution is 5.90. The average molecular weight is 630 g/mol. The summed E-state index contributed by atoms with van der Waals surface area (Å²) in [5, 5.41) is 3.07. The van der Waals surface area contributed by atoms with Gasteiger partial charge in [0.15, 0.2) is 11.6 Å². The molecule has 0 saturated carbocycles. The number of carbonyl (C=O) groups excluding carboxylic acids is 1. The summed E-state index contributed by atoms with van der Waals surface area (Å²) in [7, 11) is 6.70. The number of hydrogen-bond donors (Lipinski definition) is 1. The van der Waals surface area contributed by atoms with E-state index in [1.165, 1.54) is 25.2 Å². The van der Waals surface area contributed by atoms with E-state index in [-0.39, 0.29) is 17.6 Å². The number of amides is 1. The number of likely N-dealkylation sites (tertiary alicyclic amines) is 1. The van der Waals surface area contributed by atoms with Crippen LogP contribution >= 0.6 is 0 Å². The van der Waals surface area contributed by atoms with Gasteiger partial charge in [-0.05, 0) is 75.7 Å². The van der Waals surface area contributed by atoms with Gasteiger partial charge in [-0.3, -0.25) is 4.90 Å². The van der Waals surface area contributed by atoms with Gasteiger partial charge in [-0.25, -0.2) is 14.2 Å². The Bertz CT molecular complexity index is 1700. The van der Waals surface area contributed by atoms with Gasteiger partial charge < -0.3 is 29.2 Å². The summed E-state index contributed by atoms with van der Waals surface area (Å²) in [6.45, 7) is 6.47. The van der Waals surface area contributed by atoms with Crippen LogP contribution in [0.2, 0.25) is 0 Å². The third kappa shape index (κ3) is 7.66. The van der Waals surface area contributed by atoms with Crippen molar-refractivity contribution < 1.29 is 28.1 Å². The molecule has 1 saturated heterocycles. The first-order chi connectivity index (χ1) is 22.1. The van der Waals surface area contributed by atoms with Crippen LogP contribution in [0.1, 0.15) is 24.0 Å². The van der Waals surface area contributed by atoms with Crippen LogP contribution in [-0.2, 0) is 0 Å². The third-order valence-electron chi connectivity index (χ3n) is 8.18. The van der Waals surface area contributed by atoms with Crippen molar-refractivity contribution in [2.75, 3.05) is 58.2 Å². The number of hydrogen-bond acceptors (Lipinski definition) is 9. The summed E-state index contributed by atoms with van der Waals surface area (Å²) in [4.78, 5) is 26.1. The molecule has 0 aliphatic carbocycles. The van der Waals surface area contributed by atoms with Crippen molar-refractivity contribution in [2.45, 2.75) is 26.7 Å². The van der Waals surface area contributed by atoms with E-state index in [0.717, 1.165) is 42.6 Å². The minimum atomic E-state index is -0.708. The molecule has 10 nitrogen and oxygen atoms in total. The van der Waals surface area contributed by atoms with E-state index < -0.39 is 11.9 Å². The van der Waals surface area contributed by atoms with Gasteiger partial charge in [0.05, 0.1) is 32.2 Å². The van der Waals surface area contributed by atoms with Crippen molar-refractivity contribution in [3.8, 4) is 34.4 Å². The lowest BCUT2D eigenvalue weighted by Crippen LogP contribution is -2.34. The summed E-state index contributed by atoms with van der Waals surface area (Å²) < 4.78 is 37.5. The van der Waals surface area contributed by atoms with Crippen molar-refractivity contribution in [1.82, 2.24) is 14.9 Å². The molecule has 11 heteroatoms. The van der Waals surface area contributed by atoms with Crippen LogP contribution in [0, 0.1) is 25.6 Å². The van der Waals surface area contributed by atoms with E-state index in [2.05, 4.69) is 22.2 Å². The molecule has 4 aromatic rings. The number of nitrogens with zero attached hydrogens (tertiary/aromatic N) is 4. The van der Waals surface area contributed by atoms with Crippen molar-refractivity contribution in [3.63, 3.8) is 0 Å². The van der Waals surface area contributed by atoms with E-state index in [9.17, 15) is 4.79 Å². The molecule has 1 atom stereocenters. The Hall–Kier alpha value is -4.90. The summed E-state index contributed by atoms with van der Waals surface area (Å²) in [5.41, 5.74) is 4.32. The van der Waals surface area contributed by atoms with Crippen LogP contribution in [0.3, 0.4) is 0 Å². The van der Waals surface area contributed by atoms with Gasteiger partial charge >= 0.3 is 6.09 Å². The number of benzene rings is 3. The predicted octanol–water partition coefficient (Wildman–Crippen LogP) is 7.02. The van der Waals surface area contributed by atoms with Crippen molar-refractivity contribution in [1.29, 1.82) is 0 Å². The number of methoxy groups -OCH3 is 2. The Morgan fingerprint density at radius 1 is 1.04 bits per heavy atom. The Kier molecular flexibility index (Phi) is 10.2. The summed E-state index contributed by atoms with van der Waals surface area (Å²) in [6, 6.07) is 17.2. The highest BCUT2D eigenvalue weighted by atomic mass is 19.1. The molecule has 1 unspecified atom stereocenters. The maximum absolute atomic E-state index is 15.1. The lowest BCUT2D eigenvalue weighted by Gasteiger charge is -2.29. The number of piperidine rings is 1. The number of aryl methyl sites for hydroxylation is 1. The minimum absolute atomic E-state index is 0.00462. The number of anilines is 3. The van der Waals surface area contributed by atoms with Crippen LogP contribution in [0.4, 0.5) is 26.5 Å². The Balaban J connectivity index is 1.40. The third-order valence-corrected chi connectivity index (χ3v) is 8.18. The smallest absolute Gasteiger partial charge is 0.420 e. The van der Waals surface area contributed by atoms with Crippen molar-refractivity contribution in [2.24, 2.45) is 5.92 Å². The number of rotatable bonds is 10. The first-order valence-electron chi connectivity index (χ1n) is 15.2. The normalized spacial score (nSPS) is 14.8. The molecule has 46 heavy (non-hydrogen) atoms. The monoisotopic (exact) mass is 629 g/mol. The summed E-state index contributed by atoms with van der Waals surface area (Å²) in [5.74, 6) is 1.19. The quantitative estimate of drug-likeness (QED) is 0.199. The van der Waals surface area contributed by atoms with Crippen LogP contribution in [-0.4, -0.2) is 69.0 Å². The van der Waals surface area contributed by atoms with E-state index in [4.69, 9.17) is 23.9 Å². The molecule has 0 radical (unpaired) electrons. The fourth-order valence-electron chi connectivity index (χ4n) is 5.46. The van der Waals surface area contributed by atoms with Crippen molar-refractivity contribution >= 4 is 23.4 Å². The number of halogens is 1. The molecule has 3 aromatic carbocycles. The highest BCUT2D eigenvalue weighted by Crippen LogP contribution is 2.33. The van der Waals surface area contributed by atoms with Gasteiger partial charge in [0.2, 0.25) is 11.8 Å². The Labute approximate surface area is 269 Å². The highest BCUT2D eigenvalue weighted by Gasteiger charge is 2.22. The van der Waals surface area contributed by atoms with E-state index in [1.54, 1.807) is 43.4 Å². The zero-order chi connectivity index (χ0) is 32.8. The first kappa shape index (κ1) is 32.5. The van der Waals surface area contributed by atoms with Crippen LogP contribution in [0.15, 0.2) is 60.7 Å². The van der Waals surface area contributed by atoms with Gasteiger partial charge in [0, 0.05) is 49.0 Å². The molecule has 2 heterocycles. The second-order valence-corrected chi connectivity index (χ2v) is 11.5. The summed E-state index contributed by atoms with van der Waals surface area (Å²) in [6.07, 6.45) is 1.47. The topological polar surface area (TPSA) is 98.3 Å². The number of nitrogens with one attached hydrogen (secondary N) is 1. The number of ether oxygens (including phenoxy) is 4. The second-order valence-electron chi connectivity index (χ2n) is 11.5. The van der Waals surface area contributed by atoms with Gasteiger partial charge in [-0.1, -0.05) is 18.2 Å². The molecule has 5 rings (SSSR count). The average Bonchev–Trinajstić information content (AvgIpc) is 3.04. The lowest BCUT2D eigenvalue weighted by molar-refractivity contribution is 0.147. The maximum Gasteiger partial charge on any atom is 0.420 e. The number of carbonyl (C=O) groups is 1. The molecule has 242 valence electrons.